The van der Waals surface area contributed by atoms with Gasteiger partial charge in [-0.25, -0.2) is 0 Å². The molecule has 1 aliphatic heterocycles. The number of hydrogen-bond donors (Lipinski definition) is 0. The fourth-order valence-electron chi connectivity index (χ4n) is 2.30. The first-order chi connectivity index (χ1) is 9.51. The van der Waals surface area contributed by atoms with Crippen LogP contribution in [-0.2, 0) is 11.2 Å². The highest BCUT2D eigenvalue weighted by atomic mass is 32.2. The Morgan fingerprint density at radius 1 is 1.35 bits per heavy atom. The number of benzene rings is 1. The van der Waals surface area contributed by atoms with E-state index < -0.39 is 0 Å². The molecule has 1 heterocycles. The minimum Gasteiger partial charge on any atom is -0.496 e. The van der Waals surface area contributed by atoms with Crippen LogP contribution in [0.5, 0.6) is 5.75 Å². The lowest BCUT2D eigenvalue weighted by atomic mass is 10.0. The van der Waals surface area contributed by atoms with Crippen LogP contribution in [0.3, 0.4) is 0 Å². The standard InChI is InChI=1S/C16H22O2S2/c1-10-5-6-15(18-4)13(7-10)8-14(17)16-9-19-11(2)12(3)20-16/h5-7,11-12,16H,8-9H2,1-4H3. The third kappa shape index (κ3) is 3.73. The zero-order valence-corrected chi connectivity index (χ0v) is 14.1. The second kappa shape index (κ2) is 6.90. The van der Waals surface area contributed by atoms with Gasteiger partial charge in [-0.3, -0.25) is 4.79 Å². The van der Waals surface area contributed by atoms with Crippen molar-refractivity contribution in [2.75, 3.05) is 12.9 Å². The van der Waals surface area contributed by atoms with Gasteiger partial charge in [0.15, 0.2) is 5.78 Å². The quantitative estimate of drug-likeness (QED) is 0.846. The first-order valence-electron chi connectivity index (χ1n) is 6.94. The summed E-state index contributed by atoms with van der Waals surface area (Å²) < 4.78 is 5.36. The molecule has 0 spiro atoms. The van der Waals surface area contributed by atoms with Gasteiger partial charge >= 0.3 is 0 Å². The maximum absolute atomic E-state index is 12.5. The SMILES string of the molecule is COc1ccc(C)cc1CC(=O)C1CSC(C)C(C)S1. The summed E-state index contributed by atoms with van der Waals surface area (Å²) in [5.41, 5.74) is 2.18. The van der Waals surface area contributed by atoms with Crippen LogP contribution in [0.25, 0.3) is 0 Å². The monoisotopic (exact) mass is 310 g/mol. The summed E-state index contributed by atoms with van der Waals surface area (Å²) in [7, 11) is 1.66. The Morgan fingerprint density at radius 3 is 2.75 bits per heavy atom. The van der Waals surface area contributed by atoms with E-state index in [1.165, 1.54) is 5.56 Å². The zero-order valence-electron chi connectivity index (χ0n) is 12.5. The minimum atomic E-state index is 0.122. The Balaban J connectivity index is 2.06. The molecule has 1 aromatic rings. The van der Waals surface area contributed by atoms with Crippen LogP contribution in [0, 0.1) is 6.92 Å². The Bertz CT molecular complexity index is 487. The molecule has 1 aromatic carbocycles. The molecule has 1 saturated heterocycles. The zero-order chi connectivity index (χ0) is 14.7. The maximum atomic E-state index is 12.5. The fourth-order valence-corrected chi connectivity index (χ4v) is 5.19. The summed E-state index contributed by atoms with van der Waals surface area (Å²) in [4.78, 5) is 12.5. The number of rotatable bonds is 4. The van der Waals surface area contributed by atoms with Gasteiger partial charge in [0.1, 0.15) is 5.75 Å². The molecule has 0 aromatic heterocycles. The van der Waals surface area contributed by atoms with Crippen LogP contribution in [0.4, 0.5) is 0 Å². The van der Waals surface area contributed by atoms with Crippen molar-refractivity contribution in [3.05, 3.63) is 29.3 Å². The van der Waals surface area contributed by atoms with Gasteiger partial charge in [0.2, 0.25) is 0 Å². The smallest absolute Gasteiger partial charge is 0.151 e. The van der Waals surface area contributed by atoms with Gasteiger partial charge in [0.25, 0.3) is 0 Å². The summed E-state index contributed by atoms with van der Waals surface area (Å²) in [6.45, 7) is 6.50. The normalized spacial score (nSPS) is 26.3. The first-order valence-corrected chi connectivity index (χ1v) is 8.93. The molecule has 0 radical (unpaired) electrons. The van der Waals surface area contributed by atoms with E-state index in [2.05, 4.69) is 19.9 Å². The molecule has 2 rings (SSSR count). The number of ether oxygens (including phenoxy) is 1. The summed E-state index contributed by atoms with van der Waals surface area (Å²) in [5.74, 6) is 2.08. The molecule has 0 N–H and O–H groups in total. The highest BCUT2D eigenvalue weighted by Crippen LogP contribution is 2.36. The van der Waals surface area contributed by atoms with Gasteiger partial charge < -0.3 is 4.74 Å². The largest absolute Gasteiger partial charge is 0.496 e. The Hall–Kier alpha value is -0.610. The van der Waals surface area contributed by atoms with Crippen molar-refractivity contribution in [2.45, 2.75) is 42.9 Å². The lowest BCUT2D eigenvalue weighted by molar-refractivity contribution is -0.117. The van der Waals surface area contributed by atoms with Crippen LogP contribution in [0.15, 0.2) is 18.2 Å². The molecule has 0 bridgehead atoms. The predicted octanol–water partition coefficient (Wildman–Crippen LogP) is 3.74. The molecule has 4 heteroatoms. The summed E-state index contributed by atoms with van der Waals surface area (Å²) in [6, 6.07) is 6.02. The van der Waals surface area contributed by atoms with E-state index >= 15 is 0 Å². The number of thioether (sulfide) groups is 2. The third-order valence-corrected chi connectivity index (χ3v) is 7.15. The number of Topliss-reactive ketones (excluding diaryl/α,β-unsaturated/α-hetero) is 1. The fraction of sp³-hybridized carbons (Fsp3) is 0.562. The number of carbonyl (C=O) groups is 1. The number of ketones is 1. The summed E-state index contributed by atoms with van der Waals surface area (Å²) in [6.07, 6.45) is 0.476. The van der Waals surface area contributed by atoms with Gasteiger partial charge in [0, 0.05) is 28.2 Å². The number of hydrogen-bond acceptors (Lipinski definition) is 4. The molecule has 20 heavy (non-hydrogen) atoms. The topological polar surface area (TPSA) is 26.3 Å². The van der Waals surface area contributed by atoms with Crippen LogP contribution >= 0.6 is 23.5 Å². The second-order valence-electron chi connectivity index (χ2n) is 5.33. The summed E-state index contributed by atoms with van der Waals surface area (Å²) in [5, 5.41) is 1.30. The highest BCUT2D eigenvalue weighted by molar-refractivity contribution is 8.08. The molecule has 3 atom stereocenters. The van der Waals surface area contributed by atoms with Gasteiger partial charge in [-0.1, -0.05) is 31.5 Å². The van der Waals surface area contributed by atoms with Crippen LogP contribution in [0.1, 0.15) is 25.0 Å². The van der Waals surface area contributed by atoms with Crippen LogP contribution in [0.2, 0.25) is 0 Å². The molecule has 0 amide bonds. The van der Waals surface area contributed by atoms with Crippen LogP contribution in [-0.4, -0.2) is 34.4 Å². The van der Waals surface area contributed by atoms with Crippen molar-refractivity contribution < 1.29 is 9.53 Å². The average Bonchev–Trinajstić information content (AvgIpc) is 2.42. The Morgan fingerprint density at radius 2 is 2.10 bits per heavy atom. The lowest BCUT2D eigenvalue weighted by Crippen LogP contribution is -2.32. The molecule has 110 valence electrons. The minimum absolute atomic E-state index is 0.122. The van der Waals surface area contributed by atoms with Crippen molar-refractivity contribution in [3.8, 4) is 5.75 Å². The maximum Gasteiger partial charge on any atom is 0.151 e. The molecule has 3 unspecified atom stereocenters. The number of carbonyl (C=O) groups excluding carboxylic acids is 1. The van der Waals surface area contributed by atoms with Crippen molar-refractivity contribution in [1.82, 2.24) is 0 Å². The molecule has 2 nitrogen and oxygen atoms in total. The number of methoxy groups -OCH3 is 1. The van der Waals surface area contributed by atoms with Crippen LogP contribution < -0.4 is 4.74 Å². The molecule has 0 saturated carbocycles. The highest BCUT2D eigenvalue weighted by Gasteiger charge is 2.30. The van der Waals surface area contributed by atoms with E-state index in [-0.39, 0.29) is 5.25 Å². The Labute approximate surface area is 130 Å². The van der Waals surface area contributed by atoms with Crippen molar-refractivity contribution in [3.63, 3.8) is 0 Å². The molecule has 1 fully saturated rings. The molecular weight excluding hydrogens is 288 g/mol. The van der Waals surface area contributed by atoms with E-state index in [9.17, 15) is 4.79 Å². The molecule has 1 aliphatic rings. The van der Waals surface area contributed by atoms with Crippen molar-refractivity contribution in [2.24, 2.45) is 0 Å². The summed E-state index contributed by atoms with van der Waals surface area (Å²) >= 11 is 3.74. The van der Waals surface area contributed by atoms with Gasteiger partial charge in [-0.15, -0.1) is 11.8 Å². The van der Waals surface area contributed by atoms with E-state index in [0.29, 0.717) is 22.7 Å². The van der Waals surface area contributed by atoms with Gasteiger partial charge in [-0.2, -0.15) is 11.8 Å². The predicted molar refractivity (Wildman–Crippen MR) is 89.2 cm³/mol. The van der Waals surface area contributed by atoms with E-state index in [0.717, 1.165) is 17.1 Å². The van der Waals surface area contributed by atoms with E-state index in [4.69, 9.17) is 4.74 Å². The van der Waals surface area contributed by atoms with Crippen molar-refractivity contribution in [1.29, 1.82) is 0 Å². The van der Waals surface area contributed by atoms with Crippen molar-refractivity contribution >= 4 is 29.3 Å². The van der Waals surface area contributed by atoms with Gasteiger partial charge in [-0.05, 0) is 13.0 Å². The van der Waals surface area contributed by atoms with E-state index in [1.54, 1.807) is 7.11 Å². The second-order valence-corrected chi connectivity index (χ2v) is 8.32. The van der Waals surface area contributed by atoms with Gasteiger partial charge in [0.05, 0.1) is 12.4 Å². The molecule has 0 aliphatic carbocycles. The third-order valence-electron chi connectivity index (χ3n) is 3.71. The molecular formula is C16H22O2S2. The Kier molecular flexibility index (Phi) is 5.44. The average molecular weight is 310 g/mol. The lowest BCUT2D eigenvalue weighted by Gasteiger charge is -2.30. The first kappa shape index (κ1) is 15.8. The number of aryl methyl sites for hydroxylation is 1. The van der Waals surface area contributed by atoms with E-state index in [1.807, 2.05) is 42.6 Å².